The fourth-order valence-corrected chi connectivity index (χ4v) is 6.58. The zero-order chi connectivity index (χ0) is 23.9. The molecule has 34 heavy (non-hydrogen) atoms. The van der Waals surface area contributed by atoms with Crippen LogP contribution in [-0.2, 0) is 19.9 Å². The van der Waals surface area contributed by atoms with Gasteiger partial charge in [-0.3, -0.25) is 29.4 Å². The number of anilines is 2. The van der Waals surface area contributed by atoms with Crippen LogP contribution in [0.5, 0.6) is 5.75 Å². The molecule has 0 radical (unpaired) electrons. The number of nitro benzene ring substituents is 1. The lowest BCUT2D eigenvalue weighted by Gasteiger charge is -2.36. The van der Waals surface area contributed by atoms with Crippen molar-refractivity contribution in [2.24, 2.45) is 11.8 Å². The second-order valence-corrected chi connectivity index (χ2v) is 9.25. The zero-order valence-corrected chi connectivity index (χ0v) is 18.6. The van der Waals surface area contributed by atoms with Crippen LogP contribution >= 0.6 is 0 Å². The van der Waals surface area contributed by atoms with Gasteiger partial charge in [0.1, 0.15) is 11.3 Å². The number of hydrogen-bond donors (Lipinski definition) is 1. The van der Waals surface area contributed by atoms with Gasteiger partial charge in [-0.1, -0.05) is 18.2 Å². The van der Waals surface area contributed by atoms with Crippen molar-refractivity contribution in [3.8, 4) is 5.75 Å². The Morgan fingerprint density at radius 3 is 2.71 bits per heavy atom. The minimum absolute atomic E-state index is 0.0559. The lowest BCUT2D eigenvalue weighted by molar-refractivity contribution is -0.384. The third kappa shape index (κ3) is 2.30. The Morgan fingerprint density at radius 1 is 1.18 bits per heavy atom. The maximum atomic E-state index is 14.0. The van der Waals surface area contributed by atoms with Gasteiger partial charge in [0.05, 0.1) is 35.6 Å². The monoisotopic (exact) mass is 462 g/mol. The van der Waals surface area contributed by atoms with Crippen molar-refractivity contribution in [3.63, 3.8) is 0 Å². The van der Waals surface area contributed by atoms with Gasteiger partial charge < -0.3 is 10.1 Å². The molecule has 3 amide bonds. The lowest BCUT2D eigenvalue weighted by atomic mass is 9.75. The van der Waals surface area contributed by atoms with Crippen molar-refractivity contribution in [2.75, 3.05) is 23.9 Å². The molecule has 0 unspecified atom stereocenters. The van der Waals surface area contributed by atoms with Gasteiger partial charge in [0.25, 0.3) is 5.69 Å². The summed E-state index contributed by atoms with van der Waals surface area (Å²) in [5.41, 5.74) is 1.01. The van der Waals surface area contributed by atoms with Crippen LogP contribution in [0, 0.1) is 28.9 Å². The topological polar surface area (TPSA) is 122 Å². The molecule has 4 aliphatic rings. The SMILES string of the molecule is COc1cc([N+](=O)[O-])ccc1N1C(=O)[C@@H]2[C@@H]3CCCN3[C@@]3(C(=O)Nc4c(C)cccc43)[C@H]2C1=O. The Morgan fingerprint density at radius 2 is 1.97 bits per heavy atom. The maximum Gasteiger partial charge on any atom is 0.273 e. The Hall–Kier alpha value is -3.79. The van der Waals surface area contributed by atoms with Crippen LogP contribution in [0.4, 0.5) is 17.1 Å². The number of nitro groups is 1. The van der Waals surface area contributed by atoms with Gasteiger partial charge in [0.2, 0.25) is 17.7 Å². The maximum absolute atomic E-state index is 14.0. The molecule has 174 valence electrons. The normalized spacial score (nSPS) is 29.4. The second-order valence-electron chi connectivity index (χ2n) is 9.25. The number of fused-ring (bicyclic) bond motifs is 7. The molecule has 10 heteroatoms. The Balaban J connectivity index is 1.53. The molecule has 4 aliphatic heterocycles. The summed E-state index contributed by atoms with van der Waals surface area (Å²) in [5.74, 6) is -2.69. The molecule has 1 N–H and O–H groups in total. The van der Waals surface area contributed by atoms with E-state index in [0.29, 0.717) is 18.7 Å². The van der Waals surface area contributed by atoms with Crippen LogP contribution < -0.4 is 15.0 Å². The van der Waals surface area contributed by atoms with Crippen LogP contribution in [0.1, 0.15) is 24.0 Å². The number of hydrogen-bond acceptors (Lipinski definition) is 7. The molecule has 0 aliphatic carbocycles. The number of amides is 3. The summed E-state index contributed by atoms with van der Waals surface area (Å²) in [7, 11) is 1.33. The predicted octanol–water partition coefficient (Wildman–Crippen LogP) is 2.34. The fourth-order valence-electron chi connectivity index (χ4n) is 6.58. The summed E-state index contributed by atoms with van der Waals surface area (Å²) in [5, 5.41) is 14.2. The van der Waals surface area contributed by atoms with E-state index in [2.05, 4.69) is 10.2 Å². The summed E-state index contributed by atoms with van der Waals surface area (Å²) in [6.07, 6.45) is 1.54. The third-order valence-corrected chi connectivity index (χ3v) is 7.85. The molecule has 6 rings (SSSR count). The number of carbonyl (C=O) groups is 3. The molecule has 0 aromatic heterocycles. The highest BCUT2D eigenvalue weighted by Gasteiger charge is 2.74. The number of nitrogens with one attached hydrogen (secondary N) is 1. The number of imide groups is 1. The molecule has 1 spiro atoms. The van der Waals surface area contributed by atoms with Gasteiger partial charge in [-0.2, -0.15) is 0 Å². The van der Waals surface area contributed by atoms with Gasteiger partial charge in [0, 0.05) is 23.4 Å². The Bertz CT molecular complexity index is 1310. The molecule has 0 saturated carbocycles. The van der Waals surface area contributed by atoms with Crippen LogP contribution in [0.25, 0.3) is 0 Å². The number of nitrogens with zero attached hydrogens (tertiary/aromatic N) is 3. The van der Waals surface area contributed by atoms with Gasteiger partial charge in [-0.25, -0.2) is 4.90 Å². The van der Waals surface area contributed by atoms with Crippen LogP contribution in [-0.4, -0.2) is 47.2 Å². The zero-order valence-electron chi connectivity index (χ0n) is 18.6. The van der Waals surface area contributed by atoms with Crippen molar-refractivity contribution in [1.82, 2.24) is 4.90 Å². The van der Waals surface area contributed by atoms with E-state index in [4.69, 9.17) is 4.74 Å². The highest BCUT2D eigenvalue weighted by atomic mass is 16.6. The quantitative estimate of drug-likeness (QED) is 0.422. The van der Waals surface area contributed by atoms with E-state index in [0.717, 1.165) is 22.4 Å². The molecule has 3 saturated heterocycles. The van der Waals surface area contributed by atoms with E-state index < -0.39 is 34.1 Å². The Kier molecular flexibility index (Phi) is 4.20. The van der Waals surface area contributed by atoms with Gasteiger partial charge in [-0.15, -0.1) is 0 Å². The molecule has 10 nitrogen and oxygen atoms in total. The average molecular weight is 462 g/mol. The number of carbonyl (C=O) groups excluding carboxylic acids is 3. The summed E-state index contributed by atoms with van der Waals surface area (Å²) < 4.78 is 5.32. The standard InChI is InChI=1S/C24H22N4O6/c1-12-5-3-6-14-20(12)25-23(31)24(14)19-18(16-7-4-10-26(16)24)21(29)27(22(19)30)15-9-8-13(28(32)33)11-17(15)34-2/h3,5-6,8-9,11,16,18-19H,4,7,10H2,1-2H3,(H,25,31)/t16-,18+,19+,24+/m0/s1. The number of rotatable bonds is 3. The van der Waals surface area contributed by atoms with E-state index in [9.17, 15) is 24.5 Å². The minimum atomic E-state index is -1.26. The molecule has 4 heterocycles. The number of methoxy groups -OCH3 is 1. The summed E-state index contributed by atoms with van der Waals surface area (Å²) in [6.45, 7) is 2.53. The molecule has 2 aromatic carbocycles. The average Bonchev–Trinajstić information content (AvgIpc) is 3.52. The molecule has 4 atom stereocenters. The van der Waals surface area contributed by atoms with Crippen molar-refractivity contribution < 1.29 is 24.0 Å². The smallest absolute Gasteiger partial charge is 0.273 e. The van der Waals surface area contributed by atoms with E-state index >= 15 is 0 Å². The summed E-state index contributed by atoms with van der Waals surface area (Å²) in [6, 6.07) is 9.19. The second kappa shape index (κ2) is 6.86. The number of ether oxygens (including phenoxy) is 1. The summed E-state index contributed by atoms with van der Waals surface area (Å²) in [4.78, 5) is 55.3. The molecule has 0 bridgehead atoms. The van der Waals surface area contributed by atoms with E-state index in [1.165, 1.54) is 25.3 Å². The van der Waals surface area contributed by atoms with E-state index in [1.54, 1.807) is 0 Å². The van der Waals surface area contributed by atoms with Crippen molar-refractivity contribution in [2.45, 2.75) is 31.3 Å². The number of non-ortho nitro benzene ring substituents is 1. The predicted molar refractivity (Wildman–Crippen MR) is 120 cm³/mol. The first-order chi connectivity index (χ1) is 16.3. The number of aryl methyl sites for hydroxylation is 1. The first-order valence-corrected chi connectivity index (χ1v) is 11.2. The van der Waals surface area contributed by atoms with Crippen LogP contribution in [0.2, 0.25) is 0 Å². The lowest BCUT2D eigenvalue weighted by Crippen LogP contribution is -2.54. The first-order valence-electron chi connectivity index (χ1n) is 11.2. The molecule has 2 aromatic rings. The van der Waals surface area contributed by atoms with Crippen LogP contribution in [0.15, 0.2) is 36.4 Å². The van der Waals surface area contributed by atoms with E-state index in [1.807, 2.05) is 25.1 Å². The number of benzene rings is 2. The van der Waals surface area contributed by atoms with Gasteiger partial charge in [-0.05, 0) is 37.9 Å². The highest BCUT2D eigenvalue weighted by Crippen LogP contribution is 2.61. The molecule has 3 fully saturated rings. The fraction of sp³-hybridized carbons (Fsp3) is 0.375. The van der Waals surface area contributed by atoms with Crippen molar-refractivity contribution >= 4 is 34.8 Å². The van der Waals surface area contributed by atoms with Crippen molar-refractivity contribution in [1.29, 1.82) is 0 Å². The highest BCUT2D eigenvalue weighted by molar-refractivity contribution is 6.26. The Labute approximate surface area is 194 Å². The molecular formula is C24H22N4O6. The minimum Gasteiger partial charge on any atom is -0.494 e. The summed E-state index contributed by atoms with van der Waals surface area (Å²) >= 11 is 0. The van der Waals surface area contributed by atoms with Crippen molar-refractivity contribution in [3.05, 3.63) is 57.6 Å². The molecular weight excluding hydrogens is 440 g/mol. The van der Waals surface area contributed by atoms with Gasteiger partial charge in [0.15, 0.2) is 0 Å². The first kappa shape index (κ1) is 20.8. The van der Waals surface area contributed by atoms with E-state index in [-0.39, 0.29) is 29.1 Å². The number of para-hydroxylation sites is 1. The third-order valence-electron chi connectivity index (χ3n) is 7.85. The largest absolute Gasteiger partial charge is 0.494 e. The van der Waals surface area contributed by atoms with Crippen LogP contribution in [0.3, 0.4) is 0 Å². The van der Waals surface area contributed by atoms with Gasteiger partial charge >= 0.3 is 0 Å².